The standard InChI is InChI=1S/C7H5NO4/c1-4-5(9)2-3-6(10)7(4)8(11)12/h2-3H,1H3. The molecule has 0 aliphatic heterocycles. The smallest absolute Gasteiger partial charge is 0.289 e. The molecule has 0 fully saturated rings. The Morgan fingerprint density at radius 2 is 1.75 bits per heavy atom. The molecule has 1 aliphatic rings. The Morgan fingerprint density at radius 3 is 2.17 bits per heavy atom. The lowest BCUT2D eigenvalue weighted by Crippen LogP contribution is -2.18. The zero-order chi connectivity index (χ0) is 9.30. The first-order valence-corrected chi connectivity index (χ1v) is 3.16. The zero-order valence-corrected chi connectivity index (χ0v) is 6.23. The number of hydrogen-bond donors (Lipinski definition) is 0. The van der Waals surface area contributed by atoms with E-state index in [1.54, 1.807) is 0 Å². The van der Waals surface area contributed by atoms with E-state index in [2.05, 4.69) is 0 Å². The van der Waals surface area contributed by atoms with Gasteiger partial charge in [0.25, 0.3) is 5.78 Å². The maximum absolute atomic E-state index is 10.9. The first kappa shape index (κ1) is 8.32. The van der Waals surface area contributed by atoms with Gasteiger partial charge in [0.05, 0.1) is 10.5 Å². The topological polar surface area (TPSA) is 77.3 Å². The van der Waals surface area contributed by atoms with Crippen LogP contribution in [0.4, 0.5) is 0 Å². The fourth-order valence-electron chi connectivity index (χ4n) is 0.884. The molecule has 0 bridgehead atoms. The van der Waals surface area contributed by atoms with Crippen molar-refractivity contribution in [3.63, 3.8) is 0 Å². The summed E-state index contributed by atoms with van der Waals surface area (Å²) in [6, 6.07) is 0. The second-order valence-electron chi connectivity index (χ2n) is 2.29. The number of rotatable bonds is 1. The lowest BCUT2D eigenvalue weighted by Gasteiger charge is -2.01. The highest BCUT2D eigenvalue weighted by atomic mass is 16.6. The summed E-state index contributed by atoms with van der Waals surface area (Å²) in [6.45, 7) is 1.27. The number of carbonyl (C=O) groups excluding carboxylic acids is 2. The third kappa shape index (κ3) is 1.16. The van der Waals surface area contributed by atoms with Gasteiger partial charge in [-0.05, 0) is 19.1 Å². The van der Waals surface area contributed by atoms with Gasteiger partial charge in [0, 0.05) is 0 Å². The molecule has 62 valence electrons. The first-order valence-electron chi connectivity index (χ1n) is 3.16. The Balaban J connectivity index is 3.24. The van der Waals surface area contributed by atoms with Crippen LogP contribution in [0.3, 0.4) is 0 Å². The summed E-state index contributed by atoms with van der Waals surface area (Å²) in [5.41, 5.74) is -0.727. The van der Waals surface area contributed by atoms with Gasteiger partial charge in [-0.15, -0.1) is 0 Å². The van der Waals surface area contributed by atoms with Crippen molar-refractivity contribution in [2.45, 2.75) is 6.92 Å². The monoisotopic (exact) mass is 167 g/mol. The van der Waals surface area contributed by atoms with Crippen molar-refractivity contribution in [1.29, 1.82) is 0 Å². The molecule has 0 saturated heterocycles. The summed E-state index contributed by atoms with van der Waals surface area (Å²) in [4.78, 5) is 31.1. The van der Waals surface area contributed by atoms with Crippen molar-refractivity contribution in [2.24, 2.45) is 0 Å². The Kier molecular flexibility index (Phi) is 1.86. The van der Waals surface area contributed by atoms with E-state index >= 15 is 0 Å². The van der Waals surface area contributed by atoms with Gasteiger partial charge in [0.15, 0.2) is 5.78 Å². The molecule has 12 heavy (non-hydrogen) atoms. The number of hydrogen-bond acceptors (Lipinski definition) is 4. The summed E-state index contributed by atoms with van der Waals surface area (Å²) in [5, 5.41) is 10.3. The number of allylic oxidation sites excluding steroid dienone is 3. The lowest BCUT2D eigenvalue weighted by atomic mass is 10.0. The van der Waals surface area contributed by atoms with Gasteiger partial charge in [-0.3, -0.25) is 19.7 Å². The summed E-state index contributed by atoms with van der Waals surface area (Å²) in [5.74, 6) is -1.21. The normalized spacial score (nSPS) is 17.1. The van der Waals surface area contributed by atoms with E-state index in [9.17, 15) is 19.7 Å². The molecule has 5 heteroatoms. The molecular weight excluding hydrogens is 162 g/mol. The molecule has 0 saturated carbocycles. The third-order valence-electron chi connectivity index (χ3n) is 1.53. The lowest BCUT2D eigenvalue weighted by molar-refractivity contribution is -0.419. The van der Waals surface area contributed by atoms with Crippen molar-refractivity contribution in [2.75, 3.05) is 0 Å². The molecule has 0 aromatic rings. The Hall–Kier alpha value is -1.78. The number of carbonyl (C=O) groups is 2. The Bertz CT molecular complexity index is 337. The molecule has 5 nitrogen and oxygen atoms in total. The Labute approximate surface area is 67.5 Å². The highest BCUT2D eigenvalue weighted by Gasteiger charge is 2.29. The molecular formula is C7H5NO4. The highest BCUT2D eigenvalue weighted by molar-refractivity contribution is 6.18. The Morgan fingerprint density at radius 1 is 1.25 bits per heavy atom. The third-order valence-corrected chi connectivity index (χ3v) is 1.53. The van der Waals surface area contributed by atoms with Gasteiger partial charge in [0.1, 0.15) is 0 Å². The molecule has 1 rings (SSSR count). The maximum atomic E-state index is 10.9. The minimum absolute atomic E-state index is 0.104. The van der Waals surface area contributed by atoms with Crippen molar-refractivity contribution in [1.82, 2.24) is 0 Å². The summed E-state index contributed by atoms with van der Waals surface area (Å²) < 4.78 is 0. The van der Waals surface area contributed by atoms with Crippen LogP contribution >= 0.6 is 0 Å². The van der Waals surface area contributed by atoms with Gasteiger partial charge >= 0.3 is 5.70 Å². The van der Waals surface area contributed by atoms with Crippen molar-refractivity contribution < 1.29 is 14.5 Å². The van der Waals surface area contributed by atoms with Crippen LogP contribution in [0.25, 0.3) is 0 Å². The second-order valence-corrected chi connectivity index (χ2v) is 2.29. The van der Waals surface area contributed by atoms with Crippen LogP contribution in [0.2, 0.25) is 0 Å². The summed E-state index contributed by atoms with van der Waals surface area (Å²) in [7, 11) is 0. The van der Waals surface area contributed by atoms with E-state index < -0.39 is 22.2 Å². The largest absolute Gasteiger partial charge is 0.323 e. The fraction of sp³-hybridized carbons (Fsp3) is 0.143. The van der Waals surface area contributed by atoms with Crippen molar-refractivity contribution >= 4 is 11.6 Å². The SMILES string of the molecule is CC1=C([N+](=O)[O-])C(=O)C=CC1=O. The van der Waals surface area contributed by atoms with Crippen LogP contribution in [0.15, 0.2) is 23.4 Å². The van der Waals surface area contributed by atoms with Crippen LogP contribution in [0.5, 0.6) is 0 Å². The van der Waals surface area contributed by atoms with Gasteiger partial charge in [0.2, 0.25) is 0 Å². The van der Waals surface area contributed by atoms with Crippen molar-refractivity contribution in [3.8, 4) is 0 Å². The van der Waals surface area contributed by atoms with Gasteiger partial charge in [-0.25, -0.2) is 0 Å². The van der Waals surface area contributed by atoms with E-state index in [0.29, 0.717) is 0 Å². The number of ketones is 2. The molecule has 0 spiro atoms. The molecule has 0 aromatic heterocycles. The van der Waals surface area contributed by atoms with E-state index in [1.165, 1.54) is 6.92 Å². The van der Waals surface area contributed by atoms with Crippen LogP contribution in [0, 0.1) is 10.1 Å². The van der Waals surface area contributed by atoms with E-state index in [0.717, 1.165) is 12.2 Å². The van der Waals surface area contributed by atoms with Crippen LogP contribution in [-0.2, 0) is 9.59 Å². The maximum Gasteiger partial charge on any atom is 0.323 e. The summed E-state index contributed by atoms with van der Waals surface area (Å²) >= 11 is 0. The number of nitro groups is 1. The minimum Gasteiger partial charge on any atom is -0.289 e. The molecule has 0 aromatic carbocycles. The second kappa shape index (κ2) is 2.69. The molecule has 0 amide bonds. The molecule has 0 unspecified atom stereocenters. The van der Waals surface area contributed by atoms with Crippen LogP contribution in [-0.4, -0.2) is 16.5 Å². The van der Waals surface area contributed by atoms with Gasteiger partial charge < -0.3 is 0 Å². The van der Waals surface area contributed by atoms with E-state index in [-0.39, 0.29) is 5.57 Å². The molecule has 0 N–H and O–H groups in total. The van der Waals surface area contributed by atoms with Gasteiger partial charge in [-0.1, -0.05) is 0 Å². The van der Waals surface area contributed by atoms with E-state index in [1.807, 2.05) is 0 Å². The molecule has 1 aliphatic carbocycles. The molecule has 0 radical (unpaired) electrons. The van der Waals surface area contributed by atoms with Crippen molar-refractivity contribution in [3.05, 3.63) is 33.5 Å². The minimum atomic E-state index is -0.834. The predicted molar refractivity (Wildman–Crippen MR) is 38.8 cm³/mol. The first-order chi connectivity index (χ1) is 5.54. The fourth-order valence-corrected chi connectivity index (χ4v) is 0.884. The van der Waals surface area contributed by atoms with Crippen LogP contribution < -0.4 is 0 Å². The van der Waals surface area contributed by atoms with Crippen LogP contribution in [0.1, 0.15) is 6.92 Å². The molecule has 0 heterocycles. The number of nitrogens with zero attached hydrogens (tertiary/aromatic N) is 1. The average Bonchev–Trinajstić information content (AvgIpc) is 1.97. The highest BCUT2D eigenvalue weighted by Crippen LogP contribution is 2.13. The van der Waals surface area contributed by atoms with E-state index in [4.69, 9.17) is 0 Å². The average molecular weight is 167 g/mol. The van der Waals surface area contributed by atoms with Gasteiger partial charge in [-0.2, -0.15) is 0 Å². The quantitative estimate of drug-likeness (QED) is 0.318. The predicted octanol–water partition coefficient (Wildman–Crippen LogP) is 0.245. The zero-order valence-electron chi connectivity index (χ0n) is 6.23. The molecule has 0 atom stereocenters. The summed E-state index contributed by atoms with van der Waals surface area (Å²) in [6.07, 6.45) is 1.94.